The number of rotatable bonds is 5. The molecule has 1 atom stereocenters. The Morgan fingerprint density at radius 1 is 0.824 bits per heavy atom. The summed E-state index contributed by atoms with van der Waals surface area (Å²) in [6.45, 7) is 5.68. The molecule has 1 fully saturated rings. The highest BCUT2D eigenvalue weighted by Crippen LogP contribution is 2.27. The second-order valence-corrected chi connectivity index (χ2v) is 8.77. The lowest BCUT2D eigenvalue weighted by Crippen LogP contribution is -2.47. The lowest BCUT2D eigenvalue weighted by Gasteiger charge is -2.35. The van der Waals surface area contributed by atoms with Crippen molar-refractivity contribution in [3.8, 4) is 11.1 Å². The molecule has 0 spiro atoms. The van der Waals surface area contributed by atoms with Crippen LogP contribution in [0.1, 0.15) is 18.5 Å². The minimum atomic E-state index is 0.152. The molecule has 0 amide bonds. The molecule has 0 N–H and O–H groups in total. The summed E-state index contributed by atoms with van der Waals surface area (Å²) in [5, 5.41) is 13.7. The Labute approximate surface area is 197 Å². The van der Waals surface area contributed by atoms with Gasteiger partial charge in [-0.3, -0.25) is 4.68 Å². The first-order valence-corrected chi connectivity index (χ1v) is 11.6. The van der Waals surface area contributed by atoms with Crippen molar-refractivity contribution in [1.82, 2.24) is 34.2 Å². The van der Waals surface area contributed by atoms with Crippen molar-refractivity contribution in [2.75, 3.05) is 36.0 Å². The summed E-state index contributed by atoms with van der Waals surface area (Å²) in [6.07, 6.45) is 9.76. The van der Waals surface area contributed by atoms with Gasteiger partial charge in [-0.05, 0) is 18.6 Å². The quantitative estimate of drug-likeness (QED) is 0.407. The number of pyridine rings is 1. The van der Waals surface area contributed by atoms with Gasteiger partial charge in [0.05, 0.1) is 29.6 Å². The molecule has 0 aliphatic carbocycles. The van der Waals surface area contributed by atoms with E-state index >= 15 is 0 Å². The Morgan fingerprint density at radius 3 is 2.38 bits per heavy atom. The Balaban J connectivity index is 1.15. The zero-order valence-electron chi connectivity index (χ0n) is 19.4. The molecule has 6 rings (SSSR count). The van der Waals surface area contributed by atoms with Crippen LogP contribution in [0.25, 0.3) is 16.6 Å². The fourth-order valence-corrected chi connectivity index (χ4v) is 4.58. The predicted octanol–water partition coefficient (Wildman–Crippen LogP) is 3.26. The van der Waals surface area contributed by atoms with Crippen molar-refractivity contribution >= 4 is 17.2 Å². The number of hydrogen-bond acceptors (Lipinski definition) is 6. The SMILES string of the molecule is CC(c1ccccc1)n1cnc(N2CCN(c3cnn4cc(-c5cnn(C)c5)ccc34)CC2)n1. The molecule has 0 saturated carbocycles. The van der Waals surface area contributed by atoms with Gasteiger partial charge in [0, 0.05) is 56.7 Å². The first kappa shape index (κ1) is 20.5. The Bertz CT molecular complexity index is 1410. The van der Waals surface area contributed by atoms with Crippen LogP contribution in [0, 0.1) is 0 Å². The zero-order chi connectivity index (χ0) is 23.1. The first-order chi connectivity index (χ1) is 16.7. The lowest BCUT2D eigenvalue weighted by atomic mass is 10.1. The molecule has 1 aromatic carbocycles. The average Bonchev–Trinajstić information content (AvgIpc) is 3.63. The van der Waals surface area contributed by atoms with Gasteiger partial charge in [-0.1, -0.05) is 36.4 Å². The smallest absolute Gasteiger partial charge is 0.244 e. The van der Waals surface area contributed by atoms with Gasteiger partial charge in [0.1, 0.15) is 6.33 Å². The average molecular weight is 454 g/mol. The second-order valence-electron chi connectivity index (χ2n) is 8.77. The minimum absolute atomic E-state index is 0.152. The molecule has 172 valence electrons. The van der Waals surface area contributed by atoms with Crippen LogP contribution in [-0.4, -0.2) is 60.3 Å². The molecule has 1 aliphatic heterocycles. The maximum absolute atomic E-state index is 4.78. The summed E-state index contributed by atoms with van der Waals surface area (Å²) in [6, 6.07) is 14.8. The Hall–Kier alpha value is -4.14. The third-order valence-corrected chi connectivity index (χ3v) is 6.61. The van der Waals surface area contributed by atoms with E-state index in [1.807, 2.05) is 51.9 Å². The largest absolute Gasteiger partial charge is 0.365 e. The van der Waals surface area contributed by atoms with Gasteiger partial charge >= 0.3 is 0 Å². The molecule has 4 aromatic heterocycles. The van der Waals surface area contributed by atoms with Gasteiger partial charge in [0.25, 0.3) is 0 Å². The standard InChI is InChI=1S/C25H27N9/c1-19(20-6-4-3-5-7-20)34-18-26-25(29-34)32-12-10-31(11-13-32)24-15-28-33-17-21(8-9-23(24)33)22-14-27-30(2)16-22/h3-9,14-19H,10-13H2,1-2H3. The molecule has 9 heteroatoms. The number of piperazine rings is 1. The van der Waals surface area contributed by atoms with Crippen molar-refractivity contribution < 1.29 is 0 Å². The lowest BCUT2D eigenvalue weighted by molar-refractivity contribution is 0.557. The van der Waals surface area contributed by atoms with Crippen LogP contribution < -0.4 is 9.80 Å². The molecule has 0 radical (unpaired) electrons. The maximum Gasteiger partial charge on any atom is 0.244 e. The second kappa shape index (κ2) is 8.33. The van der Waals surface area contributed by atoms with E-state index in [0.717, 1.165) is 54.5 Å². The van der Waals surface area contributed by atoms with Crippen LogP contribution in [0.5, 0.6) is 0 Å². The summed E-state index contributed by atoms with van der Waals surface area (Å²) >= 11 is 0. The molecule has 34 heavy (non-hydrogen) atoms. The summed E-state index contributed by atoms with van der Waals surface area (Å²) in [5.41, 5.74) is 5.69. The predicted molar refractivity (Wildman–Crippen MR) is 132 cm³/mol. The van der Waals surface area contributed by atoms with E-state index in [0.29, 0.717) is 0 Å². The fourth-order valence-electron chi connectivity index (χ4n) is 4.58. The van der Waals surface area contributed by atoms with Gasteiger partial charge in [-0.2, -0.15) is 10.2 Å². The normalized spacial score (nSPS) is 15.2. The van der Waals surface area contributed by atoms with E-state index in [-0.39, 0.29) is 6.04 Å². The van der Waals surface area contributed by atoms with Crippen LogP contribution in [0.4, 0.5) is 11.6 Å². The number of aryl methyl sites for hydroxylation is 1. The molecular weight excluding hydrogens is 426 g/mol. The van der Waals surface area contributed by atoms with Gasteiger partial charge in [0.15, 0.2) is 0 Å². The number of fused-ring (bicyclic) bond motifs is 1. The number of nitrogens with zero attached hydrogens (tertiary/aromatic N) is 9. The monoisotopic (exact) mass is 453 g/mol. The van der Waals surface area contributed by atoms with E-state index in [4.69, 9.17) is 5.10 Å². The summed E-state index contributed by atoms with van der Waals surface area (Å²) in [7, 11) is 1.93. The van der Waals surface area contributed by atoms with Crippen molar-refractivity contribution in [2.24, 2.45) is 7.05 Å². The fraction of sp³-hybridized carbons (Fsp3) is 0.280. The number of anilines is 2. The molecule has 9 nitrogen and oxygen atoms in total. The van der Waals surface area contributed by atoms with Crippen LogP contribution in [-0.2, 0) is 7.05 Å². The van der Waals surface area contributed by atoms with E-state index in [9.17, 15) is 0 Å². The Morgan fingerprint density at radius 2 is 1.62 bits per heavy atom. The van der Waals surface area contributed by atoms with Crippen molar-refractivity contribution in [2.45, 2.75) is 13.0 Å². The molecule has 1 unspecified atom stereocenters. The minimum Gasteiger partial charge on any atom is -0.365 e. The third kappa shape index (κ3) is 3.68. The van der Waals surface area contributed by atoms with Gasteiger partial charge in [-0.25, -0.2) is 14.2 Å². The van der Waals surface area contributed by atoms with E-state index in [1.165, 1.54) is 5.56 Å². The summed E-state index contributed by atoms with van der Waals surface area (Å²) in [5.74, 6) is 0.795. The first-order valence-electron chi connectivity index (χ1n) is 11.6. The van der Waals surface area contributed by atoms with Crippen LogP contribution in [0.2, 0.25) is 0 Å². The van der Waals surface area contributed by atoms with Crippen molar-refractivity contribution in [1.29, 1.82) is 0 Å². The molecule has 1 aliphatic rings. The molecule has 5 heterocycles. The molecular formula is C25H27N9. The maximum atomic E-state index is 4.78. The van der Waals surface area contributed by atoms with E-state index in [1.54, 1.807) is 0 Å². The molecule has 1 saturated heterocycles. The van der Waals surface area contributed by atoms with Crippen LogP contribution in [0.3, 0.4) is 0 Å². The Kier molecular flexibility index (Phi) is 5.01. The number of hydrogen-bond donors (Lipinski definition) is 0. The van der Waals surface area contributed by atoms with Crippen LogP contribution >= 0.6 is 0 Å². The van der Waals surface area contributed by atoms with Gasteiger partial charge in [-0.15, -0.1) is 5.10 Å². The highest BCUT2D eigenvalue weighted by atomic mass is 15.4. The van der Waals surface area contributed by atoms with Crippen molar-refractivity contribution in [3.63, 3.8) is 0 Å². The summed E-state index contributed by atoms with van der Waals surface area (Å²) in [4.78, 5) is 9.26. The molecule has 5 aromatic rings. The van der Waals surface area contributed by atoms with E-state index in [2.05, 4.69) is 74.5 Å². The third-order valence-electron chi connectivity index (χ3n) is 6.61. The highest BCUT2D eigenvalue weighted by molar-refractivity contribution is 5.75. The zero-order valence-corrected chi connectivity index (χ0v) is 19.4. The summed E-state index contributed by atoms with van der Waals surface area (Å²) < 4.78 is 5.72. The molecule has 0 bridgehead atoms. The highest BCUT2D eigenvalue weighted by Gasteiger charge is 2.23. The van der Waals surface area contributed by atoms with Crippen LogP contribution in [0.15, 0.2) is 73.6 Å². The van der Waals surface area contributed by atoms with Gasteiger partial charge in [0.2, 0.25) is 5.95 Å². The number of aromatic nitrogens is 7. The topological polar surface area (TPSA) is 72.3 Å². The van der Waals surface area contributed by atoms with Crippen molar-refractivity contribution in [3.05, 3.63) is 79.1 Å². The van der Waals surface area contributed by atoms with E-state index < -0.39 is 0 Å². The van der Waals surface area contributed by atoms with Gasteiger partial charge < -0.3 is 9.80 Å². The number of benzene rings is 1.